The van der Waals surface area contributed by atoms with E-state index in [1.807, 2.05) is 26.0 Å². The van der Waals surface area contributed by atoms with Gasteiger partial charge in [-0.1, -0.05) is 20.3 Å². The Morgan fingerprint density at radius 2 is 1.96 bits per heavy atom. The second kappa shape index (κ2) is 8.29. The molecule has 0 saturated carbocycles. The largest absolute Gasteiger partial charge is 0.338 e. The Balaban J connectivity index is 0.00000243. The van der Waals surface area contributed by atoms with Crippen molar-refractivity contribution >= 4 is 35.0 Å². The molecule has 0 aliphatic heterocycles. The van der Waals surface area contributed by atoms with E-state index in [-0.39, 0.29) is 30.0 Å². The summed E-state index contributed by atoms with van der Waals surface area (Å²) >= 11 is 0. The van der Waals surface area contributed by atoms with Crippen molar-refractivity contribution < 1.29 is 9.18 Å². The number of imidazole rings is 1. The fourth-order valence-electron chi connectivity index (χ4n) is 2.57. The van der Waals surface area contributed by atoms with Gasteiger partial charge in [0, 0.05) is 11.3 Å². The molecule has 2 unspecified atom stereocenters. The first-order valence-electron chi connectivity index (χ1n) is 8.30. The van der Waals surface area contributed by atoms with E-state index in [1.165, 1.54) is 12.1 Å². The molecule has 5 nitrogen and oxygen atoms in total. The van der Waals surface area contributed by atoms with Crippen molar-refractivity contribution in [2.75, 3.05) is 5.32 Å². The Labute approximate surface area is 157 Å². The molecule has 1 heterocycles. The number of fused-ring (bicyclic) bond motifs is 1. The smallest absolute Gasteiger partial charge is 0.241 e. The number of amides is 1. The minimum Gasteiger partial charge on any atom is -0.338 e. The first-order chi connectivity index (χ1) is 12.0. The van der Waals surface area contributed by atoms with Crippen molar-refractivity contribution in [3.8, 4) is 11.4 Å². The Kier molecular flexibility index (Phi) is 6.34. The molecule has 1 aromatic heterocycles. The van der Waals surface area contributed by atoms with Gasteiger partial charge in [-0.2, -0.15) is 0 Å². The summed E-state index contributed by atoms with van der Waals surface area (Å²) in [5, 5.41) is 2.83. The molecule has 2 aromatic carbocycles. The zero-order valence-electron chi connectivity index (χ0n) is 14.6. The van der Waals surface area contributed by atoms with Crippen molar-refractivity contribution in [2.45, 2.75) is 26.3 Å². The summed E-state index contributed by atoms with van der Waals surface area (Å²) in [6.45, 7) is 3.96. The van der Waals surface area contributed by atoms with E-state index >= 15 is 0 Å². The SMILES string of the molecule is CCC(C)C(N)C(=O)Nc1ccc(-c2nc3ccc(F)cc3[nH]2)cc1.Cl. The van der Waals surface area contributed by atoms with Gasteiger partial charge in [0.25, 0.3) is 0 Å². The predicted molar refractivity (Wildman–Crippen MR) is 105 cm³/mol. The van der Waals surface area contributed by atoms with Crippen LogP contribution in [0.25, 0.3) is 22.4 Å². The highest BCUT2D eigenvalue weighted by molar-refractivity contribution is 5.95. The van der Waals surface area contributed by atoms with Gasteiger partial charge < -0.3 is 16.0 Å². The van der Waals surface area contributed by atoms with Crippen molar-refractivity contribution in [3.63, 3.8) is 0 Å². The second-order valence-corrected chi connectivity index (χ2v) is 6.22. The van der Waals surface area contributed by atoms with Crippen molar-refractivity contribution in [3.05, 3.63) is 48.3 Å². The maximum absolute atomic E-state index is 13.3. The van der Waals surface area contributed by atoms with E-state index in [2.05, 4.69) is 15.3 Å². The maximum Gasteiger partial charge on any atom is 0.241 e. The number of benzene rings is 2. The Morgan fingerprint density at radius 3 is 2.62 bits per heavy atom. The number of nitrogens with one attached hydrogen (secondary N) is 2. The van der Waals surface area contributed by atoms with Crippen LogP contribution in [-0.2, 0) is 4.79 Å². The van der Waals surface area contributed by atoms with Gasteiger partial charge in [-0.25, -0.2) is 9.37 Å². The van der Waals surface area contributed by atoms with E-state index in [0.29, 0.717) is 22.5 Å². The Bertz CT molecular complexity index is 894. The predicted octanol–water partition coefficient (Wildman–Crippen LogP) is 4.10. The van der Waals surface area contributed by atoms with Crippen molar-refractivity contribution in [1.29, 1.82) is 0 Å². The number of nitrogens with zero attached hydrogens (tertiary/aromatic N) is 1. The molecule has 0 saturated heterocycles. The van der Waals surface area contributed by atoms with Gasteiger partial charge in [-0.05, 0) is 48.4 Å². The number of anilines is 1. The molecule has 0 spiro atoms. The van der Waals surface area contributed by atoms with E-state index in [9.17, 15) is 9.18 Å². The molecule has 3 aromatic rings. The fraction of sp³-hybridized carbons (Fsp3) is 0.263. The molecule has 0 radical (unpaired) electrons. The third kappa shape index (κ3) is 4.20. The first-order valence-corrected chi connectivity index (χ1v) is 8.30. The van der Waals surface area contributed by atoms with Crippen LogP contribution in [0.2, 0.25) is 0 Å². The van der Waals surface area contributed by atoms with Gasteiger partial charge in [0.05, 0.1) is 17.1 Å². The minimum atomic E-state index is -0.532. The molecule has 7 heteroatoms. The third-order valence-electron chi connectivity index (χ3n) is 4.43. The normalized spacial score (nSPS) is 13.1. The van der Waals surface area contributed by atoms with E-state index < -0.39 is 6.04 Å². The molecular formula is C19H22ClFN4O. The quantitative estimate of drug-likeness (QED) is 0.626. The van der Waals surface area contributed by atoms with Crippen LogP contribution in [0, 0.1) is 11.7 Å². The van der Waals surface area contributed by atoms with Gasteiger partial charge in [-0.15, -0.1) is 12.4 Å². The Hall–Kier alpha value is -2.44. The highest BCUT2D eigenvalue weighted by Gasteiger charge is 2.19. The number of hydrogen-bond donors (Lipinski definition) is 3. The zero-order chi connectivity index (χ0) is 18.0. The van der Waals surface area contributed by atoms with Crippen molar-refractivity contribution in [2.24, 2.45) is 11.7 Å². The van der Waals surface area contributed by atoms with Gasteiger partial charge >= 0.3 is 0 Å². The lowest BCUT2D eigenvalue weighted by atomic mass is 9.99. The molecular weight excluding hydrogens is 355 g/mol. The highest BCUT2D eigenvalue weighted by atomic mass is 35.5. The van der Waals surface area contributed by atoms with Crippen LogP contribution < -0.4 is 11.1 Å². The molecule has 4 N–H and O–H groups in total. The zero-order valence-corrected chi connectivity index (χ0v) is 15.4. The molecule has 0 fully saturated rings. The molecule has 3 rings (SSSR count). The standard InChI is InChI=1S/C19H21FN4O.ClH/c1-3-11(2)17(21)19(25)22-14-7-4-12(5-8-14)18-23-15-9-6-13(20)10-16(15)24-18;/h4-11,17H,3,21H2,1-2H3,(H,22,25)(H,23,24);1H. The lowest BCUT2D eigenvalue weighted by Gasteiger charge is -2.17. The average molecular weight is 377 g/mol. The summed E-state index contributed by atoms with van der Waals surface area (Å²) in [5.74, 6) is 0.268. The second-order valence-electron chi connectivity index (χ2n) is 6.22. The van der Waals surface area contributed by atoms with Crippen molar-refractivity contribution in [1.82, 2.24) is 9.97 Å². The van der Waals surface area contributed by atoms with Crippen LogP contribution in [0.1, 0.15) is 20.3 Å². The summed E-state index contributed by atoms with van der Waals surface area (Å²) in [4.78, 5) is 19.7. The van der Waals surface area contributed by atoms with E-state index in [4.69, 9.17) is 5.73 Å². The van der Waals surface area contributed by atoms with Gasteiger partial charge in [0.2, 0.25) is 5.91 Å². The van der Waals surface area contributed by atoms with Crippen LogP contribution in [0.3, 0.4) is 0 Å². The summed E-state index contributed by atoms with van der Waals surface area (Å²) in [6, 6.07) is 11.2. The number of halogens is 2. The number of aromatic amines is 1. The van der Waals surface area contributed by atoms with Gasteiger partial charge in [-0.3, -0.25) is 4.79 Å². The van der Waals surface area contributed by atoms with E-state index in [0.717, 1.165) is 12.0 Å². The first kappa shape index (κ1) is 19.9. The number of hydrogen-bond acceptors (Lipinski definition) is 3. The van der Waals surface area contributed by atoms with Gasteiger partial charge in [0.15, 0.2) is 0 Å². The highest BCUT2D eigenvalue weighted by Crippen LogP contribution is 2.23. The topological polar surface area (TPSA) is 83.8 Å². The molecule has 0 aliphatic carbocycles. The van der Waals surface area contributed by atoms with Crippen LogP contribution in [0.15, 0.2) is 42.5 Å². The van der Waals surface area contributed by atoms with Gasteiger partial charge in [0.1, 0.15) is 11.6 Å². The molecule has 0 aliphatic rings. The Morgan fingerprint density at radius 1 is 1.27 bits per heavy atom. The average Bonchev–Trinajstić information content (AvgIpc) is 3.04. The van der Waals surface area contributed by atoms with Crippen LogP contribution in [0.5, 0.6) is 0 Å². The lowest BCUT2D eigenvalue weighted by molar-refractivity contribution is -0.118. The number of carbonyl (C=O) groups is 1. The lowest BCUT2D eigenvalue weighted by Crippen LogP contribution is -2.40. The fourth-order valence-corrected chi connectivity index (χ4v) is 2.57. The molecule has 2 atom stereocenters. The van der Waals surface area contributed by atoms with E-state index in [1.54, 1.807) is 18.2 Å². The number of carbonyl (C=O) groups excluding carboxylic acids is 1. The number of nitrogens with two attached hydrogens (primary N) is 1. The molecule has 0 bridgehead atoms. The molecule has 1 amide bonds. The number of rotatable bonds is 5. The summed E-state index contributed by atoms with van der Waals surface area (Å²) in [5.41, 5.74) is 8.81. The number of aromatic nitrogens is 2. The third-order valence-corrected chi connectivity index (χ3v) is 4.43. The number of H-pyrrole nitrogens is 1. The van der Waals surface area contributed by atoms with Crippen LogP contribution in [0.4, 0.5) is 10.1 Å². The monoisotopic (exact) mass is 376 g/mol. The minimum absolute atomic E-state index is 0. The summed E-state index contributed by atoms with van der Waals surface area (Å²) in [6.07, 6.45) is 0.847. The summed E-state index contributed by atoms with van der Waals surface area (Å²) < 4.78 is 13.3. The maximum atomic E-state index is 13.3. The molecule has 26 heavy (non-hydrogen) atoms. The van der Waals surface area contributed by atoms with Crippen LogP contribution in [-0.4, -0.2) is 21.9 Å². The molecule has 138 valence electrons. The van der Waals surface area contributed by atoms with Crippen LogP contribution >= 0.6 is 12.4 Å². The summed E-state index contributed by atoms with van der Waals surface area (Å²) in [7, 11) is 0.